The SMILES string of the molecule is CCCCC[C@H]1C[C@H](CCC=C2OC(=O)C3=C2CC[C@H]2[C@@H]4CC[C@]5(C(=C[C@H](CC)Cc6ccccc6)OC(=O)C5=C4c4cc(O)ccc4-c4ccccc4)[C@H]32)CCN1. The average Bonchev–Trinajstić information content (AvgIpc) is 3.73. The van der Waals surface area contributed by atoms with E-state index in [1.54, 1.807) is 6.07 Å². The summed E-state index contributed by atoms with van der Waals surface area (Å²) in [5, 5.41) is 14.8. The fraction of sp³-hybridized carbons (Fsp3) is 0.462. The maximum Gasteiger partial charge on any atom is 0.340 e. The predicted octanol–water partition coefficient (Wildman–Crippen LogP) is 11.4. The first-order valence-corrected chi connectivity index (χ1v) is 22.4. The number of nitrogens with one attached hydrogen (secondary N) is 1. The Morgan fingerprint density at radius 2 is 1.69 bits per heavy atom. The summed E-state index contributed by atoms with van der Waals surface area (Å²) in [7, 11) is 0. The van der Waals surface area contributed by atoms with Crippen molar-refractivity contribution in [3.63, 3.8) is 0 Å². The molecule has 0 amide bonds. The van der Waals surface area contributed by atoms with Crippen LogP contribution in [0.4, 0.5) is 0 Å². The van der Waals surface area contributed by atoms with E-state index in [1.165, 1.54) is 44.1 Å². The highest BCUT2D eigenvalue weighted by atomic mass is 16.5. The summed E-state index contributed by atoms with van der Waals surface area (Å²) < 4.78 is 12.8. The largest absolute Gasteiger partial charge is 0.508 e. The highest BCUT2D eigenvalue weighted by Crippen LogP contribution is 2.72. The molecule has 0 radical (unpaired) electrons. The topological polar surface area (TPSA) is 84.9 Å². The summed E-state index contributed by atoms with van der Waals surface area (Å²) in [4.78, 5) is 29.1. The minimum Gasteiger partial charge on any atom is -0.508 e. The second kappa shape index (κ2) is 16.5. The van der Waals surface area contributed by atoms with Gasteiger partial charge in [0.05, 0.1) is 11.0 Å². The molecule has 2 saturated heterocycles. The number of unbranched alkanes of at least 4 members (excludes halogenated alkanes) is 2. The zero-order chi connectivity index (χ0) is 39.8. The van der Waals surface area contributed by atoms with Crippen LogP contribution in [0, 0.1) is 35.0 Å². The van der Waals surface area contributed by atoms with Crippen LogP contribution in [0.5, 0.6) is 5.75 Å². The summed E-state index contributed by atoms with van der Waals surface area (Å²) in [6.45, 7) is 5.55. The first-order chi connectivity index (χ1) is 28.4. The molecule has 3 aromatic rings. The van der Waals surface area contributed by atoms with Crippen LogP contribution in [0.1, 0.15) is 108 Å². The van der Waals surface area contributed by atoms with Gasteiger partial charge >= 0.3 is 11.9 Å². The van der Waals surface area contributed by atoms with Gasteiger partial charge in [0.15, 0.2) is 0 Å². The summed E-state index contributed by atoms with van der Waals surface area (Å²) in [5.41, 5.74) is 6.87. The number of carbonyl (C=O) groups excluding carboxylic acids is 2. The van der Waals surface area contributed by atoms with Gasteiger partial charge in [0.1, 0.15) is 17.3 Å². The zero-order valence-corrected chi connectivity index (χ0v) is 34.3. The third-order valence-electron chi connectivity index (χ3n) is 14.6. The third kappa shape index (κ3) is 6.99. The Labute approximate surface area is 344 Å². The molecule has 302 valence electrons. The smallest absolute Gasteiger partial charge is 0.340 e. The number of allylic oxidation sites excluding steroid dienone is 5. The molecular formula is C52H59NO5. The van der Waals surface area contributed by atoms with E-state index >= 15 is 0 Å². The first kappa shape index (κ1) is 38.8. The van der Waals surface area contributed by atoms with Crippen LogP contribution in [0.3, 0.4) is 0 Å². The van der Waals surface area contributed by atoms with Crippen molar-refractivity contribution in [2.75, 3.05) is 6.54 Å². The molecule has 6 heteroatoms. The highest BCUT2D eigenvalue weighted by molar-refractivity contribution is 6.07. The number of hydrogen-bond donors (Lipinski definition) is 2. The molecule has 6 nitrogen and oxygen atoms in total. The molecule has 0 unspecified atom stereocenters. The van der Waals surface area contributed by atoms with Gasteiger partial charge in [-0.3, -0.25) is 0 Å². The molecule has 10 rings (SSSR count). The lowest BCUT2D eigenvalue weighted by Gasteiger charge is -2.56. The molecule has 2 N–H and O–H groups in total. The van der Waals surface area contributed by atoms with Crippen LogP contribution >= 0.6 is 0 Å². The van der Waals surface area contributed by atoms with Crippen LogP contribution in [0.25, 0.3) is 16.7 Å². The van der Waals surface area contributed by atoms with E-state index in [0.29, 0.717) is 23.3 Å². The Kier molecular flexibility index (Phi) is 11.1. The average molecular weight is 778 g/mol. The van der Waals surface area contributed by atoms with Crippen molar-refractivity contribution in [1.82, 2.24) is 5.32 Å². The minimum atomic E-state index is -0.799. The maximum atomic E-state index is 14.7. The fourth-order valence-corrected chi connectivity index (χ4v) is 12.0. The highest BCUT2D eigenvalue weighted by Gasteiger charge is 2.68. The molecule has 1 saturated carbocycles. The number of esters is 2. The molecular weight excluding hydrogens is 719 g/mol. The predicted molar refractivity (Wildman–Crippen MR) is 229 cm³/mol. The second-order valence-electron chi connectivity index (χ2n) is 17.9. The van der Waals surface area contributed by atoms with E-state index in [-0.39, 0.29) is 41.4 Å². The van der Waals surface area contributed by atoms with Gasteiger partial charge in [-0.15, -0.1) is 0 Å². The number of rotatable bonds is 13. The minimum absolute atomic E-state index is 0.0318. The zero-order valence-electron chi connectivity index (χ0n) is 34.3. The lowest BCUT2D eigenvalue weighted by atomic mass is 9.44. The number of carbonyl (C=O) groups is 2. The van der Waals surface area contributed by atoms with Gasteiger partial charge in [-0.05, 0) is 153 Å². The van der Waals surface area contributed by atoms with Crippen LogP contribution in [0.15, 0.2) is 119 Å². The van der Waals surface area contributed by atoms with Crippen LogP contribution in [-0.2, 0) is 25.5 Å². The number of phenols is 1. The van der Waals surface area contributed by atoms with Crippen molar-refractivity contribution in [3.05, 3.63) is 130 Å². The lowest BCUT2D eigenvalue weighted by molar-refractivity contribution is -0.135. The van der Waals surface area contributed by atoms with E-state index in [0.717, 1.165) is 97.1 Å². The number of fused-ring (bicyclic) bond motifs is 1. The van der Waals surface area contributed by atoms with Gasteiger partial charge in [-0.25, -0.2) is 9.59 Å². The summed E-state index contributed by atoms with van der Waals surface area (Å²) in [5.74, 6) is 1.84. The van der Waals surface area contributed by atoms with Crippen LogP contribution in [-0.4, -0.2) is 29.6 Å². The lowest BCUT2D eigenvalue weighted by Crippen LogP contribution is -2.52. The maximum absolute atomic E-state index is 14.7. The normalized spacial score (nSPS) is 29.4. The van der Waals surface area contributed by atoms with Crippen molar-refractivity contribution in [1.29, 1.82) is 0 Å². The molecule has 2 bridgehead atoms. The second-order valence-corrected chi connectivity index (χ2v) is 17.9. The van der Waals surface area contributed by atoms with Crippen molar-refractivity contribution in [2.45, 2.75) is 110 Å². The number of piperidine rings is 1. The van der Waals surface area contributed by atoms with Gasteiger partial charge in [-0.1, -0.05) is 99.8 Å². The molecule has 3 aromatic carbocycles. The number of phenolic OH excluding ortho intramolecular Hbond substituents is 1. The molecule has 4 aliphatic carbocycles. The molecule has 3 fully saturated rings. The standard InChI is InChI=1S/C52H59NO5/c1-3-5-8-19-37-30-35(26-28-53-37)16-13-20-44-42-24-23-41-40-25-27-52(48(41)47(42)50(55)57-44)45(31-33(4-2)29-34-14-9-6-10-15-34)58-51(56)49(52)46(40)43-32-38(54)21-22-39(43)36-17-11-7-12-18-36/h6-7,9-12,14-15,17-18,20-22,31-33,35,37,40-41,48,53-54H,3-5,8,13,16,19,23-30H2,1-2H3/t33-,35-,37+,40+,41+,48+,52+/m1/s1. The first-order valence-electron chi connectivity index (χ1n) is 22.4. The summed E-state index contributed by atoms with van der Waals surface area (Å²) in [6.07, 6.45) is 19.0. The van der Waals surface area contributed by atoms with E-state index in [1.807, 2.05) is 36.4 Å². The molecule has 3 aliphatic heterocycles. The molecule has 1 spiro atoms. The van der Waals surface area contributed by atoms with E-state index < -0.39 is 5.41 Å². The number of hydrogen-bond acceptors (Lipinski definition) is 6. The van der Waals surface area contributed by atoms with Gasteiger partial charge in [0, 0.05) is 23.1 Å². The van der Waals surface area contributed by atoms with Gasteiger partial charge in [0.25, 0.3) is 0 Å². The van der Waals surface area contributed by atoms with Crippen molar-refractivity contribution in [2.24, 2.45) is 35.0 Å². The number of aromatic hydroxyl groups is 1. The molecule has 7 atom stereocenters. The van der Waals surface area contributed by atoms with Crippen molar-refractivity contribution >= 4 is 17.5 Å². The van der Waals surface area contributed by atoms with Gasteiger partial charge < -0.3 is 19.9 Å². The van der Waals surface area contributed by atoms with Crippen LogP contribution in [0.2, 0.25) is 0 Å². The molecule has 58 heavy (non-hydrogen) atoms. The Morgan fingerprint density at radius 3 is 2.48 bits per heavy atom. The Balaban J connectivity index is 1.12. The number of ether oxygens (including phenoxy) is 2. The molecule has 0 aromatic heterocycles. The van der Waals surface area contributed by atoms with E-state index in [2.05, 4.69) is 67.7 Å². The van der Waals surface area contributed by atoms with E-state index in [4.69, 9.17) is 9.47 Å². The summed E-state index contributed by atoms with van der Waals surface area (Å²) in [6, 6.07) is 26.9. The van der Waals surface area contributed by atoms with Crippen molar-refractivity contribution in [3.8, 4) is 16.9 Å². The van der Waals surface area contributed by atoms with Gasteiger partial charge in [0.2, 0.25) is 0 Å². The third-order valence-corrected chi connectivity index (χ3v) is 14.6. The Bertz CT molecular complexity index is 2160. The summed E-state index contributed by atoms with van der Waals surface area (Å²) >= 11 is 0. The van der Waals surface area contributed by atoms with E-state index in [9.17, 15) is 14.7 Å². The van der Waals surface area contributed by atoms with Gasteiger partial charge in [-0.2, -0.15) is 0 Å². The number of benzene rings is 3. The Morgan fingerprint density at radius 1 is 0.879 bits per heavy atom. The molecule has 7 aliphatic rings. The number of cyclic esters (lactones) is 2. The quantitative estimate of drug-likeness (QED) is 0.133. The molecule has 3 heterocycles. The Hall–Kier alpha value is -4.68. The van der Waals surface area contributed by atoms with Crippen LogP contribution < -0.4 is 5.32 Å². The fourth-order valence-electron chi connectivity index (χ4n) is 12.0. The van der Waals surface area contributed by atoms with Crippen molar-refractivity contribution < 1.29 is 24.2 Å². The monoisotopic (exact) mass is 777 g/mol.